The number of rotatable bonds is 10. The maximum Gasteiger partial charge on any atom is 0.263 e. The summed E-state index contributed by atoms with van der Waals surface area (Å²) in [5, 5.41) is 3.19. The number of carbonyl (C=O) groups is 1. The zero-order valence-electron chi connectivity index (χ0n) is 20.2. The number of hydrogen-bond donors (Lipinski definition) is 2. The third kappa shape index (κ3) is 6.61. The Morgan fingerprint density at radius 2 is 1.83 bits per heavy atom. The van der Waals surface area contributed by atoms with E-state index in [0.29, 0.717) is 24.4 Å². The number of para-hydroxylation sites is 1. The quantitative estimate of drug-likeness (QED) is 0.491. The molecule has 0 bridgehead atoms. The van der Waals surface area contributed by atoms with Crippen molar-refractivity contribution in [3.8, 4) is 5.75 Å². The molecule has 4 rings (SSSR count). The highest BCUT2D eigenvalue weighted by molar-refractivity contribution is 7.90. The Balaban J connectivity index is 1.11. The van der Waals surface area contributed by atoms with Gasteiger partial charge in [-0.25, -0.2) is 8.42 Å². The highest BCUT2D eigenvalue weighted by atomic mass is 32.2. The standard InChI is InChI=1S/C26H34N4O4S/c1-34-23-11-6-4-9-20(23)19-30-17-14-21(15-18-30)28-25(31)13-3-2-8-16-27-26-22-10-5-7-12-24(22)35(32,33)29-26/h4-7,9-12,21H,2-3,8,13-19H2,1H3,(H,27,29)(H,28,31). The number of ether oxygens (including phenoxy) is 1. The number of benzene rings is 2. The van der Waals surface area contributed by atoms with Crippen molar-refractivity contribution < 1.29 is 17.9 Å². The van der Waals surface area contributed by atoms with E-state index in [1.807, 2.05) is 18.2 Å². The van der Waals surface area contributed by atoms with E-state index in [1.54, 1.807) is 31.4 Å². The fourth-order valence-corrected chi connectivity index (χ4v) is 5.88. The monoisotopic (exact) mass is 498 g/mol. The number of amides is 1. The molecule has 2 aromatic rings. The van der Waals surface area contributed by atoms with Gasteiger partial charge in [0, 0.05) is 49.8 Å². The molecular formula is C26H34N4O4S. The fourth-order valence-electron chi connectivity index (χ4n) is 4.63. The highest BCUT2D eigenvalue weighted by Crippen LogP contribution is 2.23. The van der Waals surface area contributed by atoms with Crippen molar-refractivity contribution in [2.45, 2.75) is 56.0 Å². The summed E-state index contributed by atoms with van der Waals surface area (Å²) in [5.74, 6) is 1.44. The smallest absolute Gasteiger partial charge is 0.263 e. The van der Waals surface area contributed by atoms with E-state index in [9.17, 15) is 13.2 Å². The van der Waals surface area contributed by atoms with Crippen LogP contribution in [0.3, 0.4) is 0 Å². The summed E-state index contributed by atoms with van der Waals surface area (Å²) in [6, 6.07) is 15.2. The molecule has 2 N–H and O–H groups in total. The Labute approximate surface area is 207 Å². The van der Waals surface area contributed by atoms with Crippen LogP contribution in [0.1, 0.15) is 49.7 Å². The zero-order valence-corrected chi connectivity index (χ0v) is 21.0. The topological polar surface area (TPSA) is 100 Å². The van der Waals surface area contributed by atoms with Crippen LogP contribution in [0, 0.1) is 0 Å². The molecule has 8 nitrogen and oxygen atoms in total. The summed E-state index contributed by atoms with van der Waals surface area (Å²) in [4.78, 5) is 19.5. The average Bonchev–Trinajstić information content (AvgIpc) is 3.13. The van der Waals surface area contributed by atoms with Crippen LogP contribution in [-0.4, -0.2) is 57.8 Å². The molecule has 0 unspecified atom stereocenters. The van der Waals surface area contributed by atoms with Gasteiger partial charge in [-0.1, -0.05) is 36.8 Å². The van der Waals surface area contributed by atoms with E-state index in [0.717, 1.165) is 57.5 Å². The summed E-state index contributed by atoms with van der Waals surface area (Å²) in [5.41, 5.74) is 1.82. The second kappa shape index (κ2) is 11.7. The molecule has 9 heteroatoms. The van der Waals surface area contributed by atoms with Crippen LogP contribution in [0.4, 0.5) is 0 Å². The first-order valence-corrected chi connectivity index (χ1v) is 13.7. The summed E-state index contributed by atoms with van der Waals surface area (Å²) in [7, 11) is -1.79. The lowest BCUT2D eigenvalue weighted by atomic mass is 10.0. The number of carbonyl (C=O) groups excluding carboxylic acids is 1. The number of amidine groups is 1. The Hall–Kier alpha value is -2.91. The maximum absolute atomic E-state index is 12.4. The molecule has 0 aromatic heterocycles. The lowest BCUT2D eigenvalue weighted by molar-refractivity contribution is -0.122. The molecule has 0 aliphatic carbocycles. The predicted molar refractivity (Wildman–Crippen MR) is 136 cm³/mol. The van der Waals surface area contributed by atoms with Crippen molar-refractivity contribution in [2.75, 3.05) is 26.7 Å². The zero-order chi connectivity index (χ0) is 24.7. The minimum Gasteiger partial charge on any atom is -0.496 e. The van der Waals surface area contributed by atoms with Crippen molar-refractivity contribution >= 4 is 21.8 Å². The first-order valence-electron chi connectivity index (χ1n) is 12.3. The van der Waals surface area contributed by atoms with Gasteiger partial charge in [0.1, 0.15) is 11.6 Å². The van der Waals surface area contributed by atoms with E-state index >= 15 is 0 Å². The first kappa shape index (κ1) is 25.2. The molecule has 2 aliphatic rings. The van der Waals surface area contributed by atoms with E-state index in [2.05, 4.69) is 26.0 Å². The number of sulfonamides is 1. The van der Waals surface area contributed by atoms with Gasteiger partial charge >= 0.3 is 0 Å². The summed E-state index contributed by atoms with van der Waals surface area (Å²) in [6.45, 7) is 3.30. The van der Waals surface area contributed by atoms with Crippen molar-refractivity contribution in [3.05, 3.63) is 59.7 Å². The van der Waals surface area contributed by atoms with Gasteiger partial charge in [0.25, 0.3) is 10.0 Å². The lowest BCUT2D eigenvalue weighted by Crippen LogP contribution is -2.44. The van der Waals surface area contributed by atoms with Gasteiger partial charge in [-0.2, -0.15) is 0 Å². The van der Waals surface area contributed by atoms with Gasteiger partial charge in [-0.15, -0.1) is 0 Å². The van der Waals surface area contributed by atoms with Crippen molar-refractivity contribution in [1.29, 1.82) is 0 Å². The molecule has 0 atom stereocenters. The molecule has 1 saturated heterocycles. The second-order valence-electron chi connectivity index (χ2n) is 9.07. The predicted octanol–water partition coefficient (Wildman–Crippen LogP) is 3.07. The molecule has 1 amide bonds. The number of piperidine rings is 1. The van der Waals surface area contributed by atoms with Crippen LogP contribution in [0.2, 0.25) is 0 Å². The minimum absolute atomic E-state index is 0.108. The Bertz CT molecular complexity index is 1160. The highest BCUT2D eigenvalue weighted by Gasteiger charge is 2.29. The van der Waals surface area contributed by atoms with Crippen LogP contribution in [0.25, 0.3) is 0 Å². The van der Waals surface area contributed by atoms with Gasteiger partial charge in [0.05, 0.1) is 12.0 Å². The molecule has 188 valence electrons. The van der Waals surface area contributed by atoms with E-state index in [4.69, 9.17) is 4.74 Å². The van der Waals surface area contributed by atoms with Crippen LogP contribution < -0.4 is 14.8 Å². The molecular weight excluding hydrogens is 464 g/mol. The average molecular weight is 499 g/mol. The maximum atomic E-state index is 12.4. The number of likely N-dealkylation sites (tertiary alicyclic amines) is 1. The SMILES string of the molecule is COc1ccccc1CN1CCC(NC(=O)CCCCCN=C2NS(=O)(=O)c3ccccc32)CC1. The van der Waals surface area contributed by atoms with Crippen molar-refractivity contribution in [3.63, 3.8) is 0 Å². The fraction of sp³-hybridized carbons (Fsp3) is 0.462. The minimum atomic E-state index is -3.49. The first-order chi connectivity index (χ1) is 17.0. The Morgan fingerprint density at radius 1 is 1.09 bits per heavy atom. The molecule has 35 heavy (non-hydrogen) atoms. The molecule has 2 heterocycles. The molecule has 0 radical (unpaired) electrons. The normalized spacial score (nSPS) is 18.7. The van der Waals surface area contributed by atoms with E-state index < -0.39 is 10.0 Å². The number of methoxy groups -OCH3 is 1. The van der Waals surface area contributed by atoms with Crippen LogP contribution in [0.5, 0.6) is 5.75 Å². The number of nitrogens with zero attached hydrogens (tertiary/aromatic N) is 2. The van der Waals surface area contributed by atoms with Gasteiger partial charge < -0.3 is 10.1 Å². The molecule has 0 saturated carbocycles. The van der Waals surface area contributed by atoms with Gasteiger partial charge in [-0.05, 0) is 43.9 Å². The second-order valence-corrected chi connectivity index (χ2v) is 10.7. The number of unbranched alkanes of at least 4 members (excludes halogenated alkanes) is 2. The Morgan fingerprint density at radius 3 is 2.63 bits per heavy atom. The van der Waals surface area contributed by atoms with Crippen molar-refractivity contribution in [1.82, 2.24) is 14.9 Å². The molecule has 2 aliphatic heterocycles. The molecule has 0 spiro atoms. The summed E-state index contributed by atoms with van der Waals surface area (Å²) >= 11 is 0. The summed E-state index contributed by atoms with van der Waals surface area (Å²) < 4.78 is 32.2. The molecule has 2 aromatic carbocycles. The van der Waals surface area contributed by atoms with E-state index in [1.165, 1.54) is 5.56 Å². The number of hydrogen-bond acceptors (Lipinski definition) is 6. The molecule has 1 fully saturated rings. The van der Waals surface area contributed by atoms with Gasteiger partial charge in [0.2, 0.25) is 5.91 Å². The van der Waals surface area contributed by atoms with Crippen LogP contribution >= 0.6 is 0 Å². The number of nitrogens with one attached hydrogen (secondary N) is 2. The van der Waals surface area contributed by atoms with Crippen LogP contribution in [-0.2, 0) is 21.4 Å². The number of aliphatic imine (C=N–C) groups is 1. The van der Waals surface area contributed by atoms with Crippen LogP contribution in [0.15, 0.2) is 58.4 Å². The third-order valence-electron chi connectivity index (χ3n) is 6.53. The largest absolute Gasteiger partial charge is 0.496 e. The Kier molecular flexibility index (Phi) is 8.41. The summed E-state index contributed by atoms with van der Waals surface area (Å²) in [6.07, 6.45) is 4.89. The third-order valence-corrected chi connectivity index (χ3v) is 7.93. The van der Waals surface area contributed by atoms with Crippen molar-refractivity contribution in [2.24, 2.45) is 4.99 Å². The van der Waals surface area contributed by atoms with E-state index in [-0.39, 0.29) is 16.8 Å². The number of fused-ring (bicyclic) bond motifs is 1. The lowest BCUT2D eigenvalue weighted by Gasteiger charge is -2.32. The van der Waals surface area contributed by atoms with Gasteiger partial charge in [0.15, 0.2) is 0 Å². The van der Waals surface area contributed by atoms with Gasteiger partial charge in [-0.3, -0.25) is 19.4 Å².